The van der Waals surface area contributed by atoms with Crippen molar-refractivity contribution in [3.8, 4) is 0 Å². The number of ether oxygens (including phenoxy) is 1. The third-order valence-electron chi connectivity index (χ3n) is 2.19. The molecule has 0 aromatic heterocycles. The van der Waals surface area contributed by atoms with Crippen molar-refractivity contribution < 1.29 is 14.6 Å². The van der Waals surface area contributed by atoms with Crippen molar-refractivity contribution in [2.45, 2.75) is 25.9 Å². The van der Waals surface area contributed by atoms with Crippen LogP contribution in [0.5, 0.6) is 0 Å². The fourth-order valence-corrected chi connectivity index (χ4v) is 1.41. The minimum Gasteiger partial charge on any atom is -0.481 e. The summed E-state index contributed by atoms with van der Waals surface area (Å²) < 4.78 is 5.00. The number of carboxylic acids is 1. The number of hydrogen-bond acceptors (Lipinski definition) is 2. The van der Waals surface area contributed by atoms with Gasteiger partial charge in [-0.25, -0.2) is 0 Å². The van der Waals surface area contributed by atoms with Crippen LogP contribution in [0.2, 0.25) is 0 Å². The maximum absolute atomic E-state index is 10.3. The van der Waals surface area contributed by atoms with E-state index in [0.717, 1.165) is 12.0 Å². The first-order chi connectivity index (χ1) is 7.22. The predicted molar refractivity (Wildman–Crippen MR) is 57.7 cm³/mol. The molecule has 0 unspecified atom stereocenters. The van der Waals surface area contributed by atoms with E-state index >= 15 is 0 Å². The Bertz CT molecular complexity index is 303. The average Bonchev–Trinajstić information content (AvgIpc) is 2.20. The van der Waals surface area contributed by atoms with Gasteiger partial charge in [0.2, 0.25) is 0 Å². The lowest BCUT2D eigenvalue weighted by molar-refractivity contribution is -0.137. The molecule has 0 atom stereocenters. The number of rotatable bonds is 6. The van der Waals surface area contributed by atoms with E-state index in [4.69, 9.17) is 9.84 Å². The van der Waals surface area contributed by atoms with Crippen LogP contribution in [-0.4, -0.2) is 18.2 Å². The highest BCUT2D eigenvalue weighted by atomic mass is 16.5. The second-order valence-electron chi connectivity index (χ2n) is 3.50. The third-order valence-corrected chi connectivity index (χ3v) is 2.19. The number of carboxylic acid groups (broad SMARTS) is 1. The summed E-state index contributed by atoms with van der Waals surface area (Å²) in [5, 5.41) is 8.49. The number of aryl methyl sites for hydroxylation is 1. The van der Waals surface area contributed by atoms with Crippen molar-refractivity contribution in [3.63, 3.8) is 0 Å². The molecule has 0 saturated carbocycles. The molecule has 0 fully saturated rings. The Morgan fingerprint density at radius 2 is 1.87 bits per heavy atom. The summed E-state index contributed by atoms with van der Waals surface area (Å²) in [6, 6.07) is 8.08. The summed E-state index contributed by atoms with van der Waals surface area (Å²) in [6.07, 6.45) is 1.75. The second kappa shape index (κ2) is 6.19. The molecule has 0 spiro atoms. The van der Waals surface area contributed by atoms with Crippen molar-refractivity contribution in [1.29, 1.82) is 0 Å². The van der Waals surface area contributed by atoms with Crippen molar-refractivity contribution in [3.05, 3.63) is 35.4 Å². The summed E-state index contributed by atoms with van der Waals surface area (Å²) in [5.41, 5.74) is 2.32. The Balaban J connectivity index is 2.39. The Hall–Kier alpha value is -1.35. The van der Waals surface area contributed by atoms with Crippen molar-refractivity contribution in [2.75, 3.05) is 7.11 Å². The molecule has 15 heavy (non-hydrogen) atoms. The molecule has 0 aliphatic carbocycles. The van der Waals surface area contributed by atoms with E-state index in [0.29, 0.717) is 13.0 Å². The molecule has 1 aromatic rings. The van der Waals surface area contributed by atoms with E-state index in [2.05, 4.69) is 0 Å². The first-order valence-corrected chi connectivity index (χ1v) is 5.01. The lowest BCUT2D eigenvalue weighted by Crippen LogP contribution is -1.96. The zero-order chi connectivity index (χ0) is 11.1. The van der Waals surface area contributed by atoms with Crippen LogP contribution in [0.3, 0.4) is 0 Å². The molecule has 0 amide bonds. The lowest BCUT2D eigenvalue weighted by atomic mass is 10.1. The number of carbonyl (C=O) groups is 1. The molecule has 1 aromatic carbocycles. The van der Waals surface area contributed by atoms with Crippen LogP contribution < -0.4 is 0 Å². The molecule has 1 rings (SSSR count). The molecule has 82 valence electrons. The molecule has 0 aliphatic rings. The zero-order valence-corrected chi connectivity index (χ0v) is 8.90. The summed E-state index contributed by atoms with van der Waals surface area (Å²) in [4.78, 5) is 10.3. The van der Waals surface area contributed by atoms with Crippen LogP contribution in [-0.2, 0) is 22.6 Å². The summed E-state index contributed by atoms with van der Waals surface area (Å²) in [7, 11) is 1.67. The summed E-state index contributed by atoms with van der Waals surface area (Å²) in [5.74, 6) is -0.731. The molecule has 1 N–H and O–H groups in total. The van der Waals surface area contributed by atoms with Crippen LogP contribution in [0.25, 0.3) is 0 Å². The van der Waals surface area contributed by atoms with Gasteiger partial charge in [0.15, 0.2) is 0 Å². The Morgan fingerprint density at radius 3 is 2.40 bits per heavy atom. The van der Waals surface area contributed by atoms with Gasteiger partial charge in [0.25, 0.3) is 0 Å². The van der Waals surface area contributed by atoms with E-state index < -0.39 is 5.97 Å². The fraction of sp³-hybridized carbons (Fsp3) is 0.417. The van der Waals surface area contributed by atoms with Gasteiger partial charge in [-0.2, -0.15) is 0 Å². The Labute approximate surface area is 89.7 Å². The van der Waals surface area contributed by atoms with Gasteiger partial charge in [0.1, 0.15) is 0 Å². The quantitative estimate of drug-likeness (QED) is 0.779. The largest absolute Gasteiger partial charge is 0.481 e. The summed E-state index contributed by atoms with van der Waals surface area (Å²) >= 11 is 0. The molecule has 0 saturated heterocycles. The van der Waals surface area contributed by atoms with Gasteiger partial charge in [0, 0.05) is 13.5 Å². The normalized spacial score (nSPS) is 10.2. The first kappa shape index (κ1) is 11.7. The van der Waals surface area contributed by atoms with Crippen LogP contribution in [0.4, 0.5) is 0 Å². The molecule has 3 heteroatoms. The van der Waals surface area contributed by atoms with E-state index in [9.17, 15) is 4.79 Å². The zero-order valence-electron chi connectivity index (χ0n) is 8.90. The third kappa shape index (κ3) is 4.61. The van der Waals surface area contributed by atoms with E-state index in [1.165, 1.54) is 5.56 Å². The van der Waals surface area contributed by atoms with Crippen LogP contribution >= 0.6 is 0 Å². The highest BCUT2D eigenvalue weighted by Gasteiger charge is 1.98. The highest BCUT2D eigenvalue weighted by Crippen LogP contribution is 2.08. The van der Waals surface area contributed by atoms with Gasteiger partial charge in [-0.1, -0.05) is 24.3 Å². The van der Waals surface area contributed by atoms with Gasteiger partial charge in [-0.05, 0) is 24.0 Å². The number of methoxy groups -OCH3 is 1. The molecule has 3 nitrogen and oxygen atoms in total. The monoisotopic (exact) mass is 208 g/mol. The molecular weight excluding hydrogens is 192 g/mol. The maximum Gasteiger partial charge on any atom is 0.303 e. The molecule has 0 heterocycles. The maximum atomic E-state index is 10.3. The molecular formula is C12H16O3. The van der Waals surface area contributed by atoms with E-state index in [1.54, 1.807) is 7.11 Å². The Morgan fingerprint density at radius 1 is 1.27 bits per heavy atom. The van der Waals surface area contributed by atoms with E-state index in [-0.39, 0.29) is 6.42 Å². The fourth-order valence-electron chi connectivity index (χ4n) is 1.41. The van der Waals surface area contributed by atoms with Gasteiger partial charge >= 0.3 is 5.97 Å². The topological polar surface area (TPSA) is 46.5 Å². The number of benzene rings is 1. The molecule has 0 aliphatic heterocycles. The molecule has 0 bridgehead atoms. The van der Waals surface area contributed by atoms with Crippen LogP contribution in [0.1, 0.15) is 24.0 Å². The number of aliphatic carboxylic acids is 1. The van der Waals surface area contributed by atoms with Crippen LogP contribution in [0, 0.1) is 0 Å². The van der Waals surface area contributed by atoms with E-state index in [1.807, 2.05) is 24.3 Å². The van der Waals surface area contributed by atoms with Crippen LogP contribution in [0.15, 0.2) is 24.3 Å². The highest BCUT2D eigenvalue weighted by molar-refractivity contribution is 5.66. The minimum absolute atomic E-state index is 0.236. The second-order valence-corrected chi connectivity index (χ2v) is 3.50. The van der Waals surface area contributed by atoms with Crippen molar-refractivity contribution >= 4 is 5.97 Å². The average molecular weight is 208 g/mol. The van der Waals surface area contributed by atoms with Gasteiger partial charge < -0.3 is 9.84 Å². The smallest absolute Gasteiger partial charge is 0.303 e. The standard InChI is InChI=1S/C12H16O3/c1-15-9-11-7-5-10(6-8-11)3-2-4-12(13)14/h5-8H,2-4,9H2,1H3,(H,13,14). The van der Waals surface area contributed by atoms with Crippen molar-refractivity contribution in [1.82, 2.24) is 0 Å². The minimum atomic E-state index is -0.731. The summed E-state index contributed by atoms with van der Waals surface area (Å²) in [6.45, 7) is 0.620. The predicted octanol–water partition coefficient (Wildman–Crippen LogP) is 2.24. The molecule has 0 radical (unpaired) electrons. The van der Waals surface area contributed by atoms with Gasteiger partial charge in [-0.15, -0.1) is 0 Å². The lowest BCUT2D eigenvalue weighted by Gasteiger charge is -2.02. The SMILES string of the molecule is COCc1ccc(CCCC(=O)O)cc1. The van der Waals surface area contributed by atoms with Crippen molar-refractivity contribution in [2.24, 2.45) is 0 Å². The van der Waals surface area contributed by atoms with Gasteiger partial charge in [0.05, 0.1) is 6.61 Å². The first-order valence-electron chi connectivity index (χ1n) is 5.01. The Kier molecular flexibility index (Phi) is 4.84. The number of hydrogen-bond donors (Lipinski definition) is 1. The van der Waals surface area contributed by atoms with Gasteiger partial charge in [-0.3, -0.25) is 4.79 Å².